The monoisotopic (exact) mass is 330 g/mol. The zero-order chi connectivity index (χ0) is 13.9. The Morgan fingerprint density at radius 1 is 1.53 bits per heavy atom. The van der Waals surface area contributed by atoms with Crippen LogP contribution in [-0.4, -0.2) is 18.8 Å². The van der Waals surface area contributed by atoms with Gasteiger partial charge in [-0.3, -0.25) is 11.3 Å². The van der Waals surface area contributed by atoms with Gasteiger partial charge in [-0.15, -0.1) is 0 Å². The quantitative estimate of drug-likeness (QED) is 0.622. The minimum absolute atomic E-state index is 0.0240. The molecule has 0 radical (unpaired) electrons. The number of rotatable bonds is 6. The van der Waals surface area contributed by atoms with Crippen LogP contribution in [0.2, 0.25) is 0 Å². The molecule has 3 nitrogen and oxygen atoms in total. The van der Waals surface area contributed by atoms with Crippen molar-refractivity contribution in [1.29, 1.82) is 0 Å². The number of benzene rings is 1. The highest BCUT2D eigenvalue weighted by atomic mass is 79.9. The second-order valence-electron chi connectivity index (χ2n) is 5.25. The molecule has 1 saturated carbocycles. The number of halogens is 2. The van der Waals surface area contributed by atoms with E-state index in [1.54, 1.807) is 13.2 Å². The van der Waals surface area contributed by atoms with Crippen molar-refractivity contribution in [1.82, 2.24) is 5.43 Å². The van der Waals surface area contributed by atoms with Gasteiger partial charge in [-0.25, -0.2) is 4.39 Å². The van der Waals surface area contributed by atoms with Gasteiger partial charge in [0.1, 0.15) is 5.82 Å². The predicted molar refractivity (Wildman–Crippen MR) is 77.1 cm³/mol. The van der Waals surface area contributed by atoms with Gasteiger partial charge >= 0.3 is 0 Å². The van der Waals surface area contributed by atoms with Gasteiger partial charge in [0.15, 0.2) is 0 Å². The average molecular weight is 331 g/mol. The smallest absolute Gasteiger partial charge is 0.127 e. The van der Waals surface area contributed by atoms with E-state index in [1.807, 2.05) is 6.07 Å². The Bertz CT molecular complexity index is 432. The molecule has 19 heavy (non-hydrogen) atoms. The Labute approximate surface area is 121 Å². The Morgan fingerprint density at radius 3 is 2.74 bits per heavy atom. The van der Waals surface area contributed by atoms with Crippen molar-refractivity contribution in [2.24, 2.45) is 5.84 Å². The van der Waals surface area contributed by atoms with Gasteiger partial charge in [0.25, 0.3) is 0 Å². The molecule has 1 aliphatic rings. The van der Waals surface area contributed by atoms with Crippen molar-refractivity contribution >= 4 is 15.9 Å². The third-order valence-corrected chi connectivity index (χ3v) is 4.53. The van der Waals surface area contributed by atoms with Crippen LogP contribution >= 0.6 is 15.9 Å². The first kappa shape index (κ1) is 14.9. The van der Waals surface area contributed by atoms with Gasteiger partial charge in [-0.2, -0.15) is 0 Å². The summed E-state index contributed by atoms with van der Waals surface area (Å²) in [5.41, 5.74) is 3.40. The molecular formula is C14H20BrFN2O. The second-order valence-corrected chi connectivity index (χ2v) is 6.16. The third kappa shape index (κ3) is 3.54. The zero-order valence-corrected chi connectivity index (χ0v) is 12.7. The molecule has 0 spiro atoms. The maximum Gasteiger partial charge on any atom is 0.127 e. The first-order valence-corrected chi connectivity index (χ1v) is 7.33. The molecule has 106 valence electrons. The van der Waals surface area contributed by atoms with Crippen molar-refractivity contribution in [3.05, 3.63) is 34.1 Å². The molecule has 1 unspecified atom stereocenters. The summed E-state index contributed by atoms with van der Waals surface area (Å²) in [5, 5.41) is 0. The van der Waals surface area contributed by atoms with Crippen molar-refractivity contribution < 1.29 is 9.13 Å². The summed E-state index contributed by atoms with van der Waals surface area (Å²) >= 11 is 3.26. The van der Waals surface area contributed by atoms with E-state index in [0.29, 0.717) is 12.0 Å². The summed E-state index contributed by atoms with van der Waals surface area (Å²) in [5.74, 6) is 5.40. The third-order valence-electron chi connectivity index (χ3n) is 4.03. The van der Waals surface area contributed by atoms with Crippen LogP contribution in [0.4, 0.5) is 4.39 Å². The molecule has 2 rings (SSSR count). The van der Waals surface area contributed by atoms with Gasteiger partial charge in [0.2, 0.25) is 0 Å². The number of hydrogen-bond acceptors (Lipinski definition) is 3. The van der Waals surface area contributed by atoms with Crippen LogP contribution in [0.1, 0.15) is 31.2 Å². The van der Waals surface area contributed by atoms with Gasteiger partial charge in [-0.1, -0.05) is 22.0 Å². The normalized spacial score (nSPS) is 18.9. The first-order valence-electron chi connectivity index (χ1n) is 6.54. The fraction of sp³-hybridized carbons (Fsp3) is 0.571. The fourth-order valence-electron chi connectivity index (χ4n) is 2.65. The molecule has 1 atom stereocenters. The molecule has 1 fully saturated rings. The largest absolute Gasteiger partial charge is 0.378 e. The Morgan fingerprint density at radius 2 is 2.26 bits per heavy atom. The molecule has 3 N–H and O–H groups in total. The van der Waals surface area contributed by atoms with Crippen LogP contribution in [-0.2, 0) is 11.2 Å². The van der Waals surface area contributed by atoms with Crippen LogP contribution < -0.4 is 11.3 Å². The molecule has 5 heteroatoms. The summed E-state index contributed by atoms with van der Waals surface area (Å²) in [6, 6.07) is 5.15. The van der Waals surface area contributed by atoms with Gasteiger partial charge < -0.3 is 4.74 Å². The van der Waals surface area contributed by atoms with E-state index in [0.717, 1.165) is 23.7 Å². The first-order chi connectivity index (χ1) is 9.08. The summed E-state index contributed by atoms with van der Waals surface area (Å²) in [4.78, 5) is 0. The molecule has 1 aromatic carbocycles. The predicted octanol–water partition coefficient (Wildman–Crippen LogP) is 2.92. The van der Waals surface area contributed by atoms with Crippen molar-refractivity contribution in [2.75, 3.05) is 7.11 Å². The van der Waals surface area contributed by atoms with Crippen molar-refractivity contribution in [3.63, 3.8) is 0 Å². The SMILES string of the molecule is COC1(CC(Cc2ccc(Br)cc2F)NN)CCC1. The molecular weight excluding hydrogens is 311 g/mol. The van der Waals surface area contributed by atoms with E-state index < -0.39 is 0 Å². The minimum atomic E-state index is -0.199. The Hall–Kier alpha value is -0.490. The van der Waals surface area contributed by atoms with Gasteiger partial charge in [-0.05, 0) is 49.8 Å². The molecule has 0 aromatic heterocycles. The molecule has 0 saturated heterocycles. The molecule has 0 heterocycles. The lowest BCUT2D eigenvalue weighted by Crippen LogP contribution is -2.48. The number of nitrogens with two attached hydrogens (primary N) is 1. The van der Waals surface area contributed by atoms with Crippen molar-refractivity contribution in [3.8, 4) is 0 Å². The topological polar surface area (TPSA) is 47.3 Å². The summed E-state index contributed by atoms with van der Waals surface area (Å²) in [7, 11) is 1.74. The Kier molecular flexibility index (Phi) is 4.95. The van der Waals surface area contributed by atoms with Crippen LogP contribution in [0, 0.1) is 5.82 Å². The average Bonchev–Trinajstić information content (AvgIpc) is 2.35. The lowest BCUT2D eigenvalue weighted by Gasteiger charge is -2.42. The minimum Gasteiger partial charge on any atom is -0.378 e. The summed E-state index contributed by atoms with van der Waals surface area (Å²) < 4.78 is 20.2. The van der Waals surface area contributed by atoms with Crippen LogP contribution in [0.15, 0.2) is 22.7 Å². The fourth-order valence-corrected chi connectivity index (χ4v) is 2.99. The standard InChI is InChI=1S/C14H20BrFN2O/c1-19-14(5-2-6-14)9-12(18-17)7-10-3-4-11(15)8-13(10)16/h3-4,8,12,18H,2,5-7,9,17H2,1H3. The van der Waals surface area contributed by atoms with E-state index in [9.17, 15) is 4.39 Å². The highest BCUT2D eigenvalue weighted by Crippen LogP contribution is 2.39. The molecule has 1 aromatic rings. The molecule has 1 aliphatic carbocycles. The van der Waals surface area contributed by atoms with E-state index >= 15 is 0 Å². The number of nitrogens with one attached hydrogen (secondary N) is 1. The lowest BCUT2D eigenvalue weighted by molar-refractivity contribution is -0.0834. The number of hydrogen-bond donors (Lipinski definition) is 2. The van der Waals surface area contributed by atoms with Gasteiger partial charge in [0, 0.05) is 17.6 Å². The van der Waals surface area contributed by atoms with Gasteiger partial charge in [0.05, 0.1) is 5.60 Å². The second kappa shape index (κ2) is 6.31. The van der Waals surface area contributed by atoms with E-state index in [1.165, 1.54) is 12.5 Å². The maximum atomic E-state index is 13.8. The zero-order valence-electron chi connectivity index (χ0n) is 11.1. The van der Waals surface area contributed by atoms with Crippen LogP contribution in [0.25, 0.3) is 0 Å². The van der Waals surface area contributed by atoms with Crippen LogP contribution in [0.3, 0.4) is 0 Å². The summed E-state index contributed by atoms with van der Waals surface area (Å²) in [6.07, 6.45) is 4.70. The molecule has 0 aliphatic heterocycles. The van der Waals surface area contributed by atoms with E-state index in [4.69, 9.17) is 10.6 Å². The molecule has 0 bridgehead atoms. The Balaban J connectivity index is 2.02. The number of methoxy groups -OCH3 is 1. The number of ether oxygens (including phenoxy) is 1. The number of hydrazine groups is 1. The van der Waals surface area contributed by atoms with Crippen LogP contribution in [0.5, 0.6) is 0 Å². The lowest BCUT2D eigenvalue weighted by atomic mass is 9.75. The summed E-state index contributed by atoms with van der Waals surface area (Å²) in [6.45, 7) is 0. The maximum absolute atomic E-state index is 13.8. The van der Waals surface area contributed by atoms with Crippen molar-refractivity contribution in [2.45, 2.75) is 43.7 Å². The van der Waals surface area contributed by atoms with E-state index in [-0.39, 0.29) is 17.5 Å². The van der Waals surface area contributed by atoms with E-state index in [2.05, 4.69) is 21.4 Å². The highest BCUT2D eigenvalue weighted by molar-refractivity contribution is 9.10. The highest BCUT2D eigenvalue weighted by Gasteiger charge is 2.38. The molecule has 0 amide bonds.